The number of hydrogen-bond donors (Lipinski definition) is 2. The molecule has 1 aromatic heterocycles. The van der Waals surface area contributed by atoms with Gasteiger partial charge in [-0.15, -0.1) is 0 Å². The van der Waals surface area contributed by atoms with Crippen LogP contribution in [-0.4, -0.2) is 26.8 Å². The van der Waals surface area contributed by atoms with E-state index in [1.807, 2.05) is 0 Å². The number of amides is 1. The van der Waals surface area contributed by atoms with E-state index < -0.39 is 12.0 Å². The van der Waals surface area contributed by atoms with Crippen molar-refractivity contribution >= 4 is 11.9 Å². The van der Waals surface area contributed by atoms with Crippen LogP contribution in [0.5, 0.6) is 0 Å². The monoisotopic (exact) mass is 291 g/mol. The van der Waals surface area contributed by atoms with Gasteiger partial charge in [0, 0.05) is 12.7 Å². The van der Waals surface area contributed by atoms with Crippen molar-refractivity contribution in [2.75, 3.05) is 0 Å². The number of carbonyl (C=O) groups is 2. The van der Waals surface area contributed by atoms with E-state index in [0.29, 0.717) is 0 Å². The van der Waals surface area contributed by atoms with Crippen molar-refractivity contribution in [3.05, 3.63) is 53.6 Å². The molecular weight excluding hydrogens is 277 g/mol. The Balaban J connectivity index is 1.95. The topological polar surface area (TPSA) is 84.2 Å². The van der Waals surface area contributed by atoms with Crippen molar-refractivity contribution in [3.63, 3.8) is 0 Å². The van der Waals surface area contributed by atoms with Crippen LogP contribution in [0.3, 0.4) is 0 Å². The molecule has 0 radical (unpaired) electrons. The molecular formula is C14H14FN3O3. The van der Waals surface area contributed by atoms with Crippen molar-refractivity contribution in [1.82, 2.24) is 15.1 Å². The molecule has 0 aliphatic heterocycles. The molecule has 0 fully saturated rings. The molecule has 2 N–H and O–H groups in total. The molecule has 1 aromatic carbocycles. The molecule has 2 aromatic rings. The van der Waals surface area contributed by atoms with Gasteiger partial charge in [-0.1, -0.05) is 12.1 Å². The largest absolute Gasteiger partial charge is 0.476 e. The Morgan fingerprint density at radius 2 is 2.00 bits per heavy atom. The Kier molecular flexibility index (Phi) is 4.32. The van der Waals surface area contributed by atoms with E-state index in [0.717, 1.165) is 5.56 Å². The number of aromatic carboxylic acids is 1. The maximum absolute atomic E-state index is 12.8. The molecule has 0 aliphatic rings. The van der Waals surface area contributed by atoms with Crippen LogP contribution >= 0.6 is 0 Å². The highest BCUT2D eigenvalue weighted by Crippen LogP contribution is 2.07. The van der Waals surface area contributed by atoms with E-state index in [2.05, 4.69) is 10.4 Å². The number of aromatic nitrogens is 2. The molecule has 110 valence electrons. The highest BCUT2D eigenvalue weighted by atomic mass is 19.1. The van der Waals surface area contributed by atoms with Gasteiger partial charge in [0.25, 0.3) is 0 Å². The van der Waals surface area contributed by atoms with Gasteiger partial charge in [-0.25, -0.2) is 9.18 Å². The Morgan fingerprint density at radius 3 is 2.57 bits per heavy atom. The molecule has 21 heavy (non-hydrogen) atoms. The van der Waals surface area contributed by atoms with Crippen molar-refractivity contribution < 1.29 is 19.1 Å². The first-order valence-electron chi connectivity index (χ1n) is 6.28. The van der Waals surface area contributed by atoms with Gasteiger partial charge in [-0.05, 0) is 30.7 Å². The number of carbonyl (C=O) groups excluding carboxylic acids is 1. The molecule has 0 saturated carbocycles. The lowest BCUT2D eigenvalue weighted by Gasteiger charge is -2.12. The highest BCUT2D eigenvalue weighted by Gasteiger charge is 2.17. The third-order valence-electron chi connectivity index (χ3n) is 2.98. The summed E-state index contributed by atoms with van der Waals surface area (Å²) in [5, 5.41) is 15.3. The maximum Gasteiger partial charge on any atom is 0.356 e. The molecule has 0 aliphatic carbocycles. The predicted molar refractivity (Wildman–Crippen MR) is 72.1 cm³/mol. The molecule has 0 saturated heterocycles. The molecule has 0 bridgehead atoms. The predicted octanol–water partition coefficient (Wildman–Crippen LogP) is 1.60. The van der Waals surface area contributed by atoms with Crippen LogP contribution in [0.15, 0.2) is 36.5 Å². The second-order valence-corrected chi connectivity index (χ2v) is 4.51. The quantitative estimate of drug-likeness (QED) is 0.876. The number of carboxylic acids is 1. The van der Waals surface area contributed by atoms with Crippen molar-refractivity contribution in [1.29, 1.82) is 0 Å². The molecule has 1 atom stereocenters. The molecule has 1 amide bonds. The summed E-state index contributed by atoms with van der Waals surface area (Å²) < 4.78 is 14.0. The van der Waals surface area contributed by atoms with Crippen molar-refractivity contribution in [2.24, 2.45) is 0 Å². The van der Waals surface area contributed by atoms with E-state index in [9.17, 15) is 14.0 Å². The maximum atomic E-state index is 12.8. The first-order chi connectivity index (χ1) is 9.97. The van der Waals surface area contributed by atoms with E-state index in [1.165, 1.54) is 29.1 Å². The van der Waals surface area contributed by atoms with Crippen LogP contribution in [0, 0.1) is 5.82 Å². The zero-order valence-electron chi connectivity index (χ0n) is 11.3. The van der Waals surface area contributed by atoms with E-state index >= 15 is 0 Å². The fraction of sp³-hybridized carbons (Fsp3) is 0.214. The van der Waals surface area contributed by atoms with Crippen molar-refractivity contribution in [2.45, 2.75) is 19.5 Å². The third-order valence-corrected chi connectivity index (χ3v) is 2.98. The van der Waals surface area contributed by atoms with Gasteiger partial charge in [-0.3, -0.25) is 9.48 Å². The minimum absolute atomic E-state index is 0.117. The Labute approximate surface area is 120 Å². The number of carboxylic acid groups (broad SMARTS) is 1. The second kappa shape index (κ2) is 6.17. The summed E-state index contributed by atoms with van der Waals surface area (Å²) in [7, 11) is 0. The number of nitrogens with one attached hydrogen (secondary N) is 1. The number of nitrogens with zero attached hydrogens (tertiary/aromatic N) is 2. The summed E-state index contributed by atoms with van der Waals surface area (Å²) in [6, 6.07) is 6.48. The zero-order valence-corrected chi connectivity index (χ0v) is 11.3. The smallest absolute Gasteiger partial charge is 0.356 e. The van der Waals surface area contributed by atoms with Gasteiger partial charge in [0.15, 0.2) is 5.69 Å². The minimum atomic E-state index is -1.15. The van der Waals surface area contributed by atoms with Crippen LogP contribution in [0.25, 0.3) is 0 Å². The summed E-state index contributed by atoms with van der Waals surface area (Å²) in [6.07, 6.45) is 1.44. The highest BCUT2D eigenvalue weighted by molar-refractivity contribution is 5.85. The summed E-state index contributed by atoms with van der Waals surface area (Å²) in [4.78, 5) is 22.7. The lowest BCUT2D eigenvalue weighted by atomic mass is 10.2. The number of benzene rings is 1. The summed E-state index contributed by atoms with van der Waals surface area (Å²) >= 11 is 0. The zero-order chi connectivity index (χ0) is 15.4. The van der Waals surface area contributed by atoms with Crippen LogP contribution in [0.1, 0.15) is 29.0 Å². The van der Waals surface area contributed by atoms with Gasteiger partial charge >= 0.3 is 5.97 Å². The molecule has 1 unspecified atom stereocenters. The number of hydrogen-bond acceptors (Lipinski definition) is 3. The summed E-state index contributed by atoms with van der Waals surface area (Å²) in [5.74, 6) is -1.79. The van der Waals surface area contributed by atoms with Crippen molar-refractivity contribution in [3.8, 4) is 0 Å². The standard InChI is InChI=1S/C14H14FN3O3/c1-9(18-7-6-12(17-18)14(20)21)13(19)16-8-10-2-4-11(15)5-3-10/h2-7,9H,8H2,1H3,(H,16,19)(H,20,21). The summed E-state index contributed by atoms with van der Waals surface area (Å²) in [5.41, 5.74) is 0.650. The summed E-state index contributed by atoms with van der Waals surface area (Å²) in [6.45, 7) is 1.87. The van der Waals surface area contributed by atoms with Crippen LogP contribution < -0.4 is 5.32 Å². The van der Waals surface area contributed by atoms with Gasteiger partial charge in [0.2, 0.25) is 5.91 Å². The van der Waals surface area contributed by atoms with Crippen LogP contribution in [-0.2, 0) is 11.3 Å². The van der Waals surface area contributed by atoms with Gasteiger partial charge in [0.1, 0.15) is 11.9 Å². The fourth-order valence-corrected chi connectivity index (χ4v) is 1.73. The Morgan fingerprint density at radius 1 is 1.33 bits per heavy atom. The van der Waals surface area contributed by atoms with E-state index in [4.69, 9.17) is 5.11 Å². The normalized spacial score (nSPS) is 11.9. The Hall–Kier alpha value is -2.70. The fourth-order valence-electron chi connectivity index (χ4n) is 1.73. The molecule has 1 heterocycles. The lowest BCUT2D eigenvalue weighted by molar-refractivity contribution is -0.124. The van der Waals surface area contributed by atoms with E-state index in [1.54, 1.807) is 19.1 Å². The van der Waals surface area contributed by atoms with Crippen LogP contribution in [0.4, 0.5) is 4.39 Å². The van der Waals surface area contributed by atoms with Gasteiger partial charge in [-0.2, -0.15) is 5.10 Å². The molecule has 7 heteroatoms. The average Bonchev–Trinajstić information content (AvgIpc) is 2.95. The van der Waals surface area contributed by atoms with Gasteiger partial charge < -0.3 is 10.4 Å². The minimum Gasteiger partial charge on any atom is -0.476 e. The number of rotatable bonds is 5. The Bertz CT molecular complexity index is 652. The van der Waals surface area contributed by atoms with E-state index in [-0.39, 0.29) is 24.0 Å². The van der Waals surface area contributed by atoms with Gasteiger partial charge in [0.05, 0.1) is 0 Å². The average molecular weight is 291 g/mol. The first kappa shape index (κ1) is 14.7. The molecule has 2 rings (SSSR count). The second-order valence-electron chi connectivity index (χ2n) is 4.51. The first-order valence-corrected chi connectivity index (χ1v) is 6.28. The van der Waals surface area contributed by atoms with Crippen LogP contribution in [0.2, 0.25) is 0 Å². The molecule has 0 spiro atoms. The SMILES string of the molecule is CC(C(=O)NCc1ccc(F)cc1)n1ccc(C(=O)O)n1. The third kappa shape index (κ3) is 3.65. The number of halogens is 1. The lowest BCUT2D eigenvalue weighted by Crippen LogP contribution is -2.31. The molecule has 6 nitrogen and oxygen atoms in total.